The van der Waals surface area contributed by atoms with E-state index in [4.69, 9.17) is 9.84 Å². The fourth-order valence-corrected chi connectivity index (χ4v) is 3.25. The molecule has 0 radical (unpaired) electrons. The third kappa shape index (κ3) is 7.03. The van der Waals surface area contributed by atoms with E-state index < -0.39 is 11.4 Å². The van der Waals surface area contributed by atoms with Crippen molar-refractivity contribution in [2.24, 2.45) is 5.41 Å². The molecule has 0 spiro atoms. The molecule has 2 aromatic rings. The molecular formula is C24H29NO5. The molecule has 0 unspecified atom stereocenters. The number of hydrogen-bond acceptors (Lipinski definition) is 4. The summed E-state index contributed by atoms with van der Waals surface area (Å²) in [5, 5.41) is 11.4. The molecule has 6 nitrogen and oxygen atoms in total. The molecule has 0 saturated heterocycles. The van der Waals surface area contributed by atoms with Crippen LogP contribution in [-0.4, -0.2) is 36.1 Å². The third-order valence-electron chi connectivity index (χ3n) is 4.99. The van der Waals surface area contributed by atoms with Gasteiger partial charge in [-0.05, 0) is 43.4 Å². The van der Waals surface area contributed by atoms with Crippen LogP contribution in [0.25, 0.3) is 11.1 Å². The molecule has 0 bridgehead atoms. The highest BCUT2D eigenvalue weighted by atomic mass is 16.5. The molecule has 0 aromatic heterocycles. The SMILES string of the molecule is CCOC(=O)[C@@](C)(CCNC(=O)CCC(=O)O)Cc1ccc(-c2ccccc2)cc1. The number of nitrogens with one attached hydrogen (secondary N) is 1. The Morgan fingerprint density at radius 1 is 0.967 bits per heavy atom. The van der Waals surface area contributed by atoms with E-state index in [0.717, 1.165) is 16.7 Å². The molecule has 6 heteroatoms. The minimum atomic E-state index is -1.01. The molecule has 0 fully saturated rings. The lowest BCUT2D eigenvalue weighted by Gasteiger charge is -2.27. The molecule has 2 aromatic carbocycles. The first kappa shape index (κ1) is 23.1. The van der Waals surface area contributed by atoms with Crippen molar-refractivity contribution in [2.75, 3.05) is 13.2 Å². The molecule has 2 rings (SSSR count). The van der Waals surface area contributed by atoms with E-state index in [0.29, 0.717) is 12.8 Å². The van der Waals surface area contributed by atoms with Crippen molar-refractivity contribution in [3.05, 3.63) is 60.2 Å². The highest BCUT2D eigenvalue weighted by molar-refractivity contribution is 5.81. The Kier molecular flexibility index (Phi) is 8.59. The van der Waals surface area contributed by atoms with Crippen LogP contribution in [-0.2, 0) is 25.5 Å². The second-order valence-electron chi connectivity index (χ2n) is 7.51. The summed E-state index contributed by atoms with van der Waals surface area (Å²) in [6, 6.07) is 18.1. The summed E-state index contributed by atoms with van der Waals surface area (Å²) in [7, 11) is 0. The predicted molar refractivity (Wildman–Crippen MR) is 115 cm³/mol. The van der Waals surface area contributed by atoms with Crippen LogP contribution in [0.2, 0.25) is 0 Å². The standard InChI is InChI=1S/C24H29NO5/c1-3-30-23(29)24(2,15-16-25-21(26)13-14-22(27)28)17-18-9-11-20(12-10-18)19-7-5-4-6-8-19/h4-12H,3,13-17H2,1-2H3,(H,25,26)(H,27,28)/t24-/m0/s1. The first-order chi connectivity index (χ1) is 14.3. The van der Waals surface area contributed by atoms with Gasteiger partial charge < -0.3 is 15.2 Å². The van der Waals surface area contributed by atoms with E-state index >= 15 is 0 Å². The molecule has 0 aliphatic carbocycles. The smallest absolute Gasteiger partial charge is 0.312 e. The van der Waals surface area contributed by atoms with Gasteiger partial charge in [-0.2, -0.15) is 0 Å². The van der Waals surface area contributed by atoms with Gasteiger partial charge in [-0.3, -0.25) is 14.4 Å². The number of carbonyl (C=O) groups is 3. The molecule has 1 amide bonds. The monoisotopic (exact) mass is 411 g/mol. The number of hydrogen-bond donors (Lipinski definition) is 2. The van der Waals surface area contributed by atoms with Crippen LogP contribution in [0.1, 0.15) is 38.7 Å². The Morgan fingerprint density at radius 3 is 2.20 bits per heavy atom. The van der Waals surface area contributed by atoms with Crippen molar-refractivity contribution in [1.29, 1.82) is 0 Å². The number of amides is 1. The number of carbonyl (C=O) groups excluding carboxylic acids is 2. The van der Waals surface area contributed by atoms with Gasteiger partial charge in [0.25, 0.3) is 0 Å². The number of aliphatic carboxylic acids is 1. The van der Waals surface area contributed by atoms with E-state index in [9.17, 15) is 14.4 Å². The highest BCUT2D eigenvalue weighted by Crippen LogP contribution is 2.29. The molecule has 0 saturated carbocycles. The molecule has 0 aliphatic rings. The van der Waals surface area contributed by atoms with Crippen molar-refractivity contribution in [3.8, 4) is 11.1 Å². The molecule has 160 valence electrons. The molecule has 30 heavy (non-hydrogen) atoms. The van der Waals surface area contributed by atoms with Crippen LogP contribution < -0.4 is 5.32 Å². The Labute approximate surface area is 177 Å². The van der Waals surface area contributed by atoms with Crippen molar-refractivity contribution in [1.82, 2.24) is 5.32 Å². The van der Waals surface area contributed by atoms with Gasteiger partial charge in [0.15, 0.2) is 0 Å². The lowest BCUT2D eigenvalue weighted by molar-refractivity contribution is -0.155. The molecular weight excluding hydrogens is 382 g/mol. The summed E-state index contributed by atoms with van der Waals surface area (Å²) in [6.07, 6.45) is 0.581. The zero-order valence-electron chi connectivity index (χ0n) is 17.5. The normalized spacial score (nSPS) is 12.6. The number of carboxylic acids is 1. The fourth-order valence-electron chi connectivity index (χ4n) is 3.25. The maximum atomic E-state index is 12.6. The van der Waals surface area contributed by atoms with Crippen LogP contribution in [0.3, 0.4) is 0 Å². The van der Waals surface area contributed by atoms with Crippen LogP contribution in [0.15, 0.2) is 54.6 Å². The first-order valence-electron chi connectivity index (χ1n) is 10.1. The zero-order chi connectivity index (χ0) is 22.0. The van der Waals surface area contributed by atoms with Gasteiger partial charge in [0.05, 0.1) is 18.4 Å². The fraction of sp³-hybridized carbons (Fsp3) is 0.375. The number of esters is 1. The second-order valence-corrected chi connectivity index (χ2v) is 7.51. The summed E-state index contributed by atoms with van der Waals surface area (Å²) in [5.41, 5.74) is 2.43. The van der Waals surface area contributed by atoms with Crippen LogP contribution >= 0.6 is 0 Å². The van der Waals surface area contributed by atoms with Crippen molar-refractivity contribution >= 4 is 17.8 Å². The largest absolute Gasteiger partial charge is 0.481 e. The Hall–Kier alpha value is -3.15. The topological polar surface area (TPSA) is 92.7 Å². The van der Waals surface area contributed by atoms with Crippen LogP contribution in [0.5, 0.6) is 0 Å². The summed E-state index contributed by atoms with van der Waals surface area (Å²) in [5.74, 6) is -1.66. The van der Waals surface area contributed by atoms with Gasteiger partial charge in [-0.25, -0.2) is 0 Å². The van der Waals surface area contributed by atoms with Gasteiger partial charge in [0.1, 0.15) is 0 Å². The van der Waals surface area contributed by atoms with Gasteiger partial charge in [-0.15, -0.1) is 0 Å². The van der Waals surface area contributed by atoms with Crippen molar-refractivity contribution in [2.45, 2.75) is 39.5 Å². The summed E-state index contributed by atoms with van der Waals surface area (Å²) >= 11 is 0. The number of rotatable bonds is 11. The minimum Gasteiger partial charge on any atom is -0.481 e. The molecule has 0 heterocycles. The van der Waals surface area contributed by atoms with Gasteiger partial charge in [-0.1, -0.05) is 54.6 Å². The van der Waals surface area contributed by atoms with Crippen LogP contribution in [0.4, 0.5) is 0 Å². The van der Waals surface area contributed by atoms with Crippen molar-refractivity contribution < 1.29 is 24.2 Å². The zero-order valence-corrected chi connectivity index (χ0v) is 17.5. The quantitative estimate of drug-likeness (QED) is 0.548. The average Bonchev–Trinajstić information content (AvgIpc) is 2.73. The van der Waals surface area contributed by atoms with Gasteiger partial charge >= 0.3 is 11.9 Å². The average molecular weight is 411 g/mol. The van der Waals surface area contributed by atoms with Gasteiger partial charge in [0.2, 0.25) is 5.91 Å². The summed E-state index contributed by atoms with van der Waals surface area (Å²) < 4.78 is 5.28. The molecule has 0 aliphatic heterocycles. The maximum Gasteiger partial charge on any atom is 0.312 e. The van der Waals surface area contributed by atoms with E-state index in [2.05, 4.69) is 5.32 Å². The Morgan fingerprint density at radius 2 is 1.60 bits per heavy atom. The lowest BCUT2D eigenvalue weighted by atomic mass is 9.80. The molecule has 1 atom stereocenters. The summed E-state index contributed by atoms with van der Waals surface area (Å²) in [4.78, 5) is 35.0. The predicted octanol–water partition coefficient (Wildman–Crippen LogP) is 3.84. The van der Waals surface area contributed by atoms with E-state index in [1.807, 2.05) is 61.5 Å². The van der Waals surface area contributed by atoms with Crippen LogP contribution in [0, 0.1) is 5.41 Å². The first-order valence-corrected chi connectivity index (χ1v) is 10.1. The Bertz CT molecular complexity index is 848. The number of ether oxygens (including phenoxy) is 1. The van der Waals surface area contributed by atoms with E-state index in [-0.39, 0.29) is 37.9 Å². The number of benzene rings is 2. The van der Waals surface area contributed by atoms with Gasteiger partial charge in [0, 0.05) is 13.0 Å². The van der Waals surface area contributed by atoms with Crippen molar-refractivity contribution in [3.63, 3.8) is 0 Å². The third-order valence-corrected chi connectivity index (χ3v) is 4.99. The maximum absolute atomic E-state index is 12.6. The summed E-state index contributed by atoms with van der Waals surface area (Å²) in [6.45, 7) is 4.16. The van der Waals surface area contributed by atoms with E-state index in [1.165, 1.54) is 0 Å². The number of carboxylic acid groups (broad SMARTS) is 1. The second kappa shape index (κ2) is 11.1. The minimum absolute atomic E-state index is 0.0770. The Balaban J connectivity index is 2.04. The lowest BCUT2D eigenvalue weighted by Crippen LogP contribution is -2.37. The molecule has 2 N–H and O–H groups in total. The van der Waals surface area contributed by atoms with E-state index in [1.54, 1.807) is 6.92 Å². The highest BCUT2D eigenvalue weighted by Gasteiger charge is 2.34.